The van der Waals surface area contributed by atoms with Crippen LogP contribution in [0.25, 0.3) is 0 Å². The molecule has 0 unspecified atom stereocenters. The zero-order valence-corrected chi connectivity index (χ0v) is 14.5. The van der Waals surface area contributed by atoms with Crippen molar-refractivity contribution in [2.45, 2.75) is 62.7 Å². The molecule has 2 aliphatic rings. The summed E-state index contributed by atoms with van der Waals surface area (Å²) in [6.45, 7) is 2.99. The summed E-state index contributed by atoms with van der Waals surface area (Å²) in [6, 6.07) is 4.57. The van der Waals surface area contributed by atoms with Gasteiger partial charge in [0.15, 0.2) is 0 Å². The van der Waals surface area contributed by atoms with Gasteiger partial charge in [0.05, 0.1) is 6.54 Å². The number of furan rings is 1. The van der Waals surface area contributed by atoms with Gasteiger partial charge in [0, 0.05) is 26.2 Å². The van der Waals surface area contributed by atoms with Crippen LogP contribution in [0.3, 0.4) is 0 Å². The van der Waals surface area contributed by atoms with Gasteiger partial charge in [0.2, 0.25) is 5.09 Å². The Morgan fingerprint density at radius 2 is 2.00 bits per heavy atom. The van der Waals surface area contributed by atoms with Gasteiger partial charge in [-0.05, 0) is 44.2 Å². The van der Waals surface area contributed by atoms with E-state index in [-0.39, 0.29) is 5.09 Å². The highest BCUT2D eigenvalue weighted by Crippen LogP contribution is 2.40. The van der Waals surface area contributed by atoms with Crippen molar-refractivity contribution in [3.63, 3.8) is 0 Å². The molecule has 1 aromatic rings. The maximum Gasteiger partial charge on any atom is 0.275 e. The fraction of sp³-hybridized carbons (Fsp3) is 0.750. The van der Waals surface area contributed by atoms with Gasteiger partial charge in [-0.25, -0.2) is 12.7 Å². The van der Waals surface area contributed by atoms with Gasteiger partial charge >= 0.3 is 0 Å². The van der Waals surface area contributed by atoms with Crippen LogP contribution in [0.5, 0.6) is 0 Å². The number of fused-ring (bicyclic) bond motifs is 1. The van der Waals surface area contributed by atoms with Crippen LogP contribution in [0.4, 0.5) is 0 Å². The van der Waals surface area contributed by atoms with E-state index >= 15 is 0 Å². The predicted molar refractivity (Wildman–Crippen MR) is 84.9 cm³/mol. The molecule has 5 nitrogen and oxygen atoms in total. The number of sulfonamides is 1. The fourth-order valence-electron chi connectivity index (χ4n) is 4.01. The van der Waals surface area contributed by atoms with Crippen LogP contribution >= 0.6 is 0 Å². The Bertz CT molecular complexity index is 623. The normalized spacial score (nSPS) is 29.9. The van der Waals surface area contributed by atoms with Crippen LogP contribution < -0.4 is 0 Å². The van der Waals surface area contributed by atoms with Crippen LogP contribution in [0.15, 0.2) is 21.6 Å². The maximum absolute atomic E-state index is 12.1. The molecule has 0 bridgehead atoms. The van der Waals surface area contributed by atoms with E-state index in [0.717, 1.165) is 11.7 Å². The zero-order chi connectivity index (χ0) is 15.9. The van der Waals surface area contributed by atoms with E-state index in [4.69, 9.17) is 4.42 Å². The average molecular weight is 326 g/mol. The number of hydrogen-bond donors (Lipinski definition) is 0. The molecule has 6 heteroatoms. The Morgan fingerprint density at radius 3 is 2.73 bits per heavy atom. The van der Waals surface area contributed by atoms with E-state index < -0.39 is 10.0 Å². The van der Waals surface area contributed by atoms with Gasteiger partial charge in [-0.1, -0.05) is 12.8 Å². The second-order valence-corrected chi connectivity index (χ2v) is 8.96. The van der Waals surface area contributed by atoms with Crippen molar-refractivity contribution >= 4 is 10.0 Å². The SMILES string of the molecule is C[C@@H]1C[C@@H]2CCCC[C@H]2N1Cc1ccc(S(=O)(=O)N(C)C)o1. The van der Waals surface area contributed by atoms with Crippen LogP contribution in [0.2, 0.25) is 0 Å². The third kappa shape index (κ3) is 2.84. The van der Waals surface area contributed by atoms with Crippen molar-refractivity contribution < 1.29 is 12.8 Å². The Labute approximate surface area is 133 Å². The summed E-state index contributed by atoms with van der Waals surface area (Å²) in [6.07, 6.45) is 6.52. The Kier molecular flexibility index (Phi) is 4.36. The molecule has 1 aliphatic carbocycles. The largest absolute Gasteiger partial charge is 0.447 e. The van der Waals surface area contributed by atoms with Crippen molar-refractivity contribution in [2.24, 2.45) is 5.92 Å². The summed E-state index contributed by atoms with van der Waals surface area (Å²) in [5.74, 6) is 1.56. The minimum atomic E-state index is -3.48. The third-order valence-electron chi connectivity index (χ3n) is 5.22. The second-order valence-electron chi connectivity index (χ2n) is 6.88. The van der Waals surface area contributed by atoms with E-state index in [2.05, 4.69) is 11.8 Å². The Hall–Kier alpha value is -0.850. The molecule has 1 aromatic heterocycles. The molecule has 0 amide bonds. The smallest absolute Gasteiger partial charge is 0.275 e. The first-order valence-electron chi connectivity index (χ1n) is 8.16. The molecule has 1 aliphatic heterocycles. The lowest BCUT2D eigenvalue weighted by Gasteiger charge is -2.32. The minimum absolute atomic E-state index is 0.0412. The first kappa shape index (κ1) is 16.0. The molecule has 2 heterocycles. The van der Waals surface area contributed by atoms with Crippen molar-refractivity contribution in [3.05, 3.63) is 17.9 Å². The van der Waals surface area contributed by atoms with Gasteiger partial charge in [-0.15, -0.1) is 0 Å². The van der Waals surface area contributed by atoms with Crippen LogP contribution in [0, 0.1) is 5.92 Å². The van der Waals surface area contributed by atoms with Crippen LogP contribution in [-0.4, -0.2) is 43.8 Å². The molecule has 0 N–H and O–H groups in total. The van der Waals surface area contributed by atoms with E-state index in [1.54, 1.807) is 12.1 Å². The summed E-state index contributed by atoms with van der Waals surface area (Å²) in [4.78, 5) is 2.51. The predicted octanol–water partition coefficient (Wildman–Crippen LogP) is 2.68. The molecule has 22 heavy (non-hydrogen) atoms. The highest BCUT2D eigenvalue weighted by atomic mass is 32.2. The van der Waals surface area contributed by atoms with Crippen molar-refractivity contribution in [1.82, 2.24) is 9.21 Å². The van der Waals surface area contributed by atoms with Gasteiger partial charge in [-0.2, -0.15) is 0 Å². The highest BCUT2D eigenvalue weighted by Gasteiger charge is 2.40. The first-order valence-corrected chi connectivity index (χ1v) is 9.60. The fourth-order valence-corrected chi connectivity index (χ4v) is 4.83. The highest BCUT2D eigenvalue weighted by molar-refractivity contribution is 7.88. The van der Waals surface area contributed by atoms with Gasteiger partial charge in [0.25, 0.3) is 10.0 Å². The summed E-state index contributed by atoms with van der Waals surface area (Å²) >= 11 is 0. The van der Waals surface area contributed by atoms with E-state index in [1.165, 1.54) is 50.5 Å². The topological polar surface area (TPSA) is 53.8 Å². The summed E-state index contributed by atoms with van der Waals surface area (Å²) in [5.41, 5.74) is 0. The lowest BCUT2D eigenvalue weighted by atomic mass is 9.85. The van der Waals surface area contributed by atoms with E-state index in [9.17, 15) is 8.42 Å². The third-order valence-corrected chi connectivity index (χ3v) is 6.90. The lowest BCUT2D eigenvalue weighted by Crippen LogP contribution is -2.37. The molecule has 1 saturated heterocycles. The first-order chi connectivity index (χ1) is 10.4. The van der Waals surface area contributed by atoms with Crippen LogP contribution in [-0.2, 0) is 16.6 Å². The lowest BCUT2D eigenvalue weighted by molar-refractivity contribution is 0.136. The quantitative estimate of drug-likeness (QED) is 0.853. The summed E-state index contributed by atoms with van der Waals surface area (Å²) in [7, 11) is -0.437. The molecule has 3 rings (SSSR count). The van der Waals surface area contributed by atoms with Crippen molar-refractivity contribution in [1.29, 1.82) is 0 Å². The molecule has 2 fully saturated rings. The van der Waals surface area contributed by atoms with Crippen molar-refractivity contribution in [2.75, 3.05) is 14.1 Å². The van der Waals surface area contributed by atoms with Gasteiger partial charge < -0.3 is 4.42 Å². The second kappa shape index (κ2) is 5.98. The Balaban J connectivity index is 1.75. The maximum atomic E-state index is 12.1. The molecule has 3 atom stereocenters. The molecule has 0 radical (unpaired) electrons. The van der Waals surface area contributed by atoms with E-state index in [0.29, 0.717) is 18.6 Å². The van der Waals surface area contributed by atoms with Gasteiger partial charge in [0.1, 0.15) is 5.76 Å². The molecule has 0 aromatic carbocycles. The minimum Gasteiger partial charge on any atom is -0.447 e. The van der Waals surface area contributed by atoms with Crippen LogP contribution in [0.1, 0.15) is 44.8 Å². The monoisotopic (exact) mass is 326 g/mol. The summed E-state index contributed by atoms with van der Waals surface area (Å²) in [5, 5.41) is 0.0412. The van der Waals surface area contributed by atoms with E-state index in [1.807, 2.05) is 0 Å². The number of hydrogen-bond acceptors (Lipinski definition) is 4. The molecular weight excluding hydrogens is 300 g/mol. The Morgan fingerprint density at radius 1 is 1.27 bits per heavy atom. The molecule has 124 valence electrons. The number of rotatable bonds is 4. The zero-order valence-electron chi connectivity index (χ0n) is 13.7. The number of nitrogens with zero attached hydrogens (tertiary/aromatic N) is 2. The molecule has 1 saturated carbocycles. The van der Waals surface area contributed by atoms with Gasteiger partial charge in [-0.3, -0.25) is 4.90 Å². The molecular formula is C16H26N2O3S. The van der Waals surface area contributed by atoms with Crippen molar-refractivity contribution in [3.8, 4) is 0 Å². The average Bonchev–Trinajstić information content (AvgIpc) is 3.05. The summed E-state index contributed by atoms with van der Waals surface area (Å²) < 4.78 is 31.0. The number of likely N-dealkylation sites (tertiary alicyclic amines) is 1. The molecule has 0 spiro atoms. The standard InChI is InChI=1S/C16H26N2O3S/c1-12-10-13-6-4-5-7-15(13)18(12)11-14-8-9-16(21-14)22(19,20)17(2)3/h8-9,12-13,15H,4-7,10-11H2,1-3H3/t12-,13+,15-/m1/s1.